The summed E-state index contributed by atoms with van der Waals surface area (Å²) in [5.74, 6) is 0. The van der Waals surface area contributed by atoms with Crippen molar-refractivity contribution < 1.29 is 28.7 Å². The molecule has 0 saturated carbocycles. The van der Waals surface area contributed by atoms with E-state index in [4.69, 9.17) is 9.79 Å². The van der Waals surface area contributed by atoms with Crippen molar-refractivity contribution >= 4 is 7.82 Å². The van der Waals surface area contributed by atoms with E-state index in [9.17, 15) is 4.57 Å². The van der Waals surface area contributed by atoms with E-state index < -0.39 is 7.82 Å². The van der Waals surface area contributed by atoms with Crippen molar-refractivity contribution in [2.75, 3.05) is 13.2 Å². The lowest BCUT2D eigenvalue weighted by molar-refractivity contribution is -0.224. The van der Waals surface area contributed by atoms with Gasteiger partial charge in [0.2, 0.25) is 0 Å². The molecular weight excluding hydrogens is 163 g/mol. The highest BCUT2D eigenvalue weighted by Gasteiger charge is 2.25. The van der Waals surface area contributed by atoms with Crippen molar-refractivity contribution in [1.29, 1.82) is 0 Å². The Morgan fingerprint density at radius 3 is 2.70 bits per heavy atom. The SMILES string of the molecule is O=P(O)(O)OOCC1CO1. The first-order chi connectivity index (χ1) is 4.58. The Labute approximate surface area is 56.9 Å². The van der Waals surface area contributed by atoms with Gasteiger partial charge in [-0.3, -0.25) is 0 Å². The number of hydrogen-bond donors (Lipinski definition) is 2. The van der Waals surface area contributed by atoms with E-state index in [0.29, 0.717) is 6.61 Å². The summed E-state index contributed by atoms with van der Waals surface area (Å²) in [6.07, 6.45) is -0.0634. The van der Waals surface area contributed by atoms with Crippen LogP contribution in [0, 0.1) is 0 Å². The van der Waals surface area contributed by atoms with Crippen LogP contribution in [0.4, 0.5) is 0 Å². The molecule has 10 heavy (non-hydrogen) atoms. The highest BCUT2D eigenvalue weighted by molar-refractivity contribution is 7.46. The van der Waals surface area contributed by atoms with E-state index in [1.807, 2.05) is 0 Å². The van der Waals surface area contributed by atoms with Gasteiger partial charge in [-0.25, -0.2) is 9.45 Å². The predicted molar refractivity (Wildman–Crippen MR) is 28.8 cm³/mol. The van der Waals surface area contributed by atoms with E-state index in [1.54, 1.807) is 0 Å². The number of phosphoric acid groups is 1. The summed E-state index contributed by atoms with van der Waals surface area (Å²) in [5, 5.41) is 0. The lowest BCUT2D eigenvalue weighted by Gasteiger charge is -2.01. The predicted octanol–water partition coefficient (Wildman–Crippen LogP) is -0.574. The van der Waals surface area contributed by atoms with Crippen molar-refractivity contribution in [1.82, 2.24) is 0 Å². The van der Waals surface area contributed by atoms with Crippen LogP contribution in [-0.2, 0) is 18.9 Å². The van der Waals surface area contributed by atoms with Gasteiger partial charge in [-0.1, -0.05) is 0 Å². The van der Waals surface area contributed by atoms with Gasteiger partial charge in [0, 0.05) is 0 Å². The van der Waals surface area contributed by atoms with Gasteiger partial charge < -0.3 is 14.5 Å². The van der Waals surface area contributed by atoms with Crippen LogP contribution in [0.3, 0.4) is 0 Å². The van der Waals surface area contributed by atoms with Crippen molar-refractivity contribution in [2.45, 2.75) is 6.10 Å². The Morgan fingerprint density at radius 1 is 1.70 bits per heavy atom. The Balaban J connectivity index is 1.99. The molecule has 1 atom stereocenters. The van der Waals surface area contributed by atoms with Crippen molar-refractivity contribution in [3.63, 3.8) is 0 Å². The average molecular weight is 170 g/mol. The van der Waals surface area contributed by atoms with Crippen LogP contribution in [0.2, 0.25) is 0 Å². The van der Waals surface area contributed by atoms with E-state index in [-0.39, 0.29) is 12.7 Å². The summed E-state index contributed by atoms with van der Waals surface area (Å²) in [6, 6.07) is 0. The third-order valence-electron chi connectivity index (χ3n) is 0.806. The van der Waals surface area contributed by atoms with E-state index in [0.717, 1.165) is 0 Å². The van der Waals surface area contributed by atoms with Crippen LogP contribution in [0.15, 0.2) is 0 Å². The fourth-order valence-corrected chi connectivity index (χ4v) is 0.537. The van der Waals surface area contributed by atoms with E-state index in [1.165, 1.54) is 0 Å². The lowest BCUT2D eigenvalue weighted by Crippen LogP contribution is -2.00. The maximum absolute atomic E-state index is 9.94. The van der Waals surface area contributed by atoms with Gasteiger partial charge in [0.15, 0.2) is 0 Å². The smallest absolute Gasteiger partial charge is 0.370 e. The molecular formula is C3H7O6P. The zero-order valence-corrected chi connectivity index (χ0v) is 5.86. The first-order valence-electron chi connectivity index (χ1n) is 2.56. The monoisotopic (exact) mass is 170 g/mol. The first kappa shape index (κ1) is 8.13. The topological polar surface area (TPSA) is 88.5 Å². The minimum atomic E-state index is -4.47. The molecule has 1 unspecified atom stereocenters. The molecule has 1 fully saturated rings. The van der Waals surface area contributed by atoms with Crippen LogP contribution in [0.5, 0.6) is 0 Å². The molecule has 0 bridgehead atoms. The quantitative estimate of drug-likeness (QED) is 0.254. The van der Waals surface area contributed by atoms with Crippen LogP contribution >= 0.6 is 7.82 Å². The third-order valence-corrected chi connectivity index (χ3v) is 1.11. The molecule has 60 valence electrons. The van der Waals surface area contributed by atoms with Gasteiger partial charge in [0.05, 0.1) is 6.61 Å². The molecule has 1 rings (SSSR count). The van der Waals surface area contributed by atoms with E-state index in [2.05, 4.69) is 14.3 Å². The van der Waals surface area contributed by atoms with Gasteiger partial charge in [-0.15, -0.1) is 4.67 Å². The molecule has 1 aliphatic rings. The van der Waals surface area contributed by atoms with Crippen molar-refractivity contribution in [2.24, 2.45) is 0 Å². The van der Waals surface area contributed by atoms with Gasteiger partial charge in [-0.05, 0) is 0 Å². The molecule has 0 aliphatic carbocycles. The van der Waals surface area contributed by atoms with Gasteiger partial charge in [0.25, 0.3) is 0 Å². The Morgan fingerprint density at radius 2 is 2.30 bits per heavy atom. The van der Waals surface area contributed by atoms with Crippen LogP contribution in [0.1, 0.15) is 0 Å². The van der Waals surface area contributed by atoms with E-state index >= 15 is 0 Å². The number of rotatable bonds is 4. The van der Waals surface area contributed by atoms with Gasteiger partial charge in [0.1, 0.15) is 12.7 Å². The van der Waals surface area contributed by atoms with Crippen LogP contribution < -0.4 is 0 Å². The number of hydrogen-bond acceptors (Lipinski definition) is 4. The molecule has 1 saturated heterocycles. The standard InChI is InChI=1S/C3H7O6P/c4-10(5,6)9-8-2-3-1-7-3/h3H,1-2H2,(H2,4,5,6). The molecule has 0 aromatic heterocycles. The lowest BCUT2D eigenvalue weighted by atomic mass is 10.5. The summed E-state index contributed by atoms with van der Waals surface area (Å²) in [7, 11) is -4.47. The van der Waals surface area contributed by atoms with Crippen LogP contribution in [0.25, 0.3) is 0 Å². The minimum absolute atomic E-state index is 0.0606. The molecule has 0 spiro atoms. The third kappa shape index (κ3) is 3.94. The Kier molecular flexibility index (Phi) is 2.40. The first-order valence-corrected chi connectivity index (χ1v) is 4.09. The minimum Gasteiger partial charge on any atom is -0.370 e. The van der Waals surface area contributed by atoms with Crippen LogP contribution in [-0.4, -0.2) is 29.1 Å². The summed E-state index contributed by atoms with van der Waals surface area (Å²) in [5.41, 5.74) is 0. The molecule has 0 aromatic rings. The maximum Gasteiger partial charge on any atom is 0.496 e. The van der Waals surface area contributed by atoms with Gasteiger partial charge in [-0.2, -0.15) is 0 Å². The van der Waals surface area contributed by atoms with Crippen molar-refractivity contribution in [3.05, 3.63) is 0 Å². The summed E-state index contributed by atoms with van der Waals surface area (Å²) >= 11 is 0. The molecule has 0 amide bonds. The van der Waals surface area contributed by atoms with Crippen molar-refractivity contribution in [3.8, 4) is 0 Å². The fourth-order valence-electron chi connectivity index (χ4n) is 0.339. The number of epoxide rings is 1. The molecule has 7 heteroatoms. The largest absolute Gasteiger partial charge is 0.496 e. The second-order valence-electron chi connectivity index (χ2n) is 1.80. The second kappa shape index (κ2) is 2.96. The Hall–Kier alpha value is 0.0300. The summed E-state index contributed by atoms with van der Waals surface area (Å²) in [6.45, 7) is 0.621. The fraction of sp³-hybridized carbons (Fsp3) is 1.00. The highest BCUT2D eigenvalue weighted by atomic mass is 31.2. The summed E-state index contributed by atoms with van der Waals surface area (Å²) in [4.78, 5) is 20.3. The second-order valence-corrected chi connectivity index (χ2v) is 2.94. The number of ether oxygens (including phenoxy) is 1. The molecule has 6 nitrogen and oxygen atoms in total. The average Bonchev–Trinajstić information content (AvgIpc) is 2.45. The molecule has 1 aliphatic heterocycles. The molecule has 0 aromatic carbocycles. The highest BCUT2D eigenvalue weighted by Crippen LogP contribution is 2.36. The molecule has 2 N–H and O–H groups in total. The zero-order chi connectivity index (χ0) is 7.61. The Bertz CT molecular complexity index is 147. The zero-order valence-electron chi connectivity index (χ0n) is 4.97. The van der Waals surface area contributed by atoms with Gasteiger partial charge >= 0.3 is 7.82 Å². The molecule has 0 radical (unpaired) electrons. The molecule has 1 heterocycles. The summed E-state index contributed by atoms with van der Waals surface area (Å²) < 4.78 is 18.3. The maximum atomic E-state index is 9.94. The normalized spacial score (nSPS) is 24.8.